The highest BCUT2D eigenvalue weighted by Crippen LogP contribution is 2.36. The molecule has 6 heteroatoms. The van der Waals surface area contributed by atoms with Gasteiger partial charge in [0.1, 0.15) is 11.2 Å². The van der Waals surface area contributed by atoms with Gasteiger partial charge in [0, 0.05) is 12.6 Å². The van der Waals surface area contributed by atoms with E-state index in [4.69, 9.17) is 0 Å². The molecule has 0 radical (unpaired) electrons. The standard InChI is InChI=1S/C25H29N3O2S/c1-17(18-8-4-3-5-9-18)15-28-23(29)21-14-22-20(12-13-31-22)27(21)16-25(28,2)24(30)26-19-10-6-7-11-19/h3-5,8-9,12-14,17,19H,6-7,10-11,15-16H2,1-2H3,(H,26,30)/t17-,25-/m1/s1. The van der Waals surface area contributed by atoms with Crippen molar-refractivity contribution in [2.75, 3.05) is 6.54 Å². The second kappa shape index (κ2) is 7.83. The predicted octanol–water partition coefficient (Wildman–Crippen LogP) is 4.78. The van der Waals surface area contributed by atoms with Gasteiger partial charge in [0.05, 0.1) is 16.8 Å². The van der Waals surface area contributed by atoms with E-state index in [1.807, 2.05) is 52.1 Å². The van der Waals surface area contributed by atoms with Crippen LogP contribution in [0.2, 0.25) is 0 Å². The van der Waals surface area contributed by atoms with Gasteiger partial charge in [-0.2, -0.15) is 0 Å². The lowest BCUT2D eigenvalue weighted by Gasteiger charge is -2.45. The monoisotopic (exact) mass is 435 g/mol. The third-order valence-corrected chi connectivity index (χ3v) is 7.91. The first-order chi connectivity index (χ1) is 15.0. The highest BCUT2D eigenvalue weighted by atomic mass is 32.1. The molecule has 31 heavy (non-hydrogen) atoms. The summed E-state index contributed by atoms with van der Waals surface area (Å²) in [7, 11) is 0. The summed E-state index contributed by atoms with van der Waals surface area (Å²) < 4.78 is 3.14. The van der Waals surface area contributed by atoms with Crippen molar-refractivity contribution in [3.8, 4) is 0 Å². The van der Waals surface area contributed by atoms with Crippen LogP contribution >= 0.6 is 11.3 Å². The number of aromatic nitrogens is 1. The van der Waals surface area contributed by atoms with Gasteiger partial charge in [0.25, 0.3) is 5.91 Å². The number of carbonyl (C=O) groups is 2. The lowest BCUT2D eigenvalue weighted by atomic mass is 9.91. The number of hydrogen-bond acceptors (Lipinski definition) is 3. The Morgan fingerprint density at radius 3 is 2.71 bits per heavy atom. The number of rotatable bonds is 5. The fourth-order valence-corrected chi connectivity index (χ4v) is 5.95. The molecule has 162 valence electrons. The summed E-state index contributed by atoms with van der Waals surface area (Å²) in [6.45, 7) is 5.06. The molecule has 3 aromatic rings. The molecule has 5 rings (SSSR count). The van der Waals surface area contributed by atoms with Crippen LogP contribution in [0.15, 0.2) is 47.8 Å². The van der Waals surface area contributed by atoms with Crippen molar-refractivity contribution in [1.82, 2.24) is 14.8 Å². The third-order valence-electron chi connectivity index (χ3n) is 7.05. The van der Waals surface area contributed by atoms with E-state index in [0.29, 0.717) is 18.8 Å². The minimum Gasteiger partial charge on any atom is -0.351 e. The second-order valence-electron chi connectivity index (χ2n) is 9.24. The van der Waals surface area contributed by atoms with Crippen LogP contribution in [-0.2, 0) is 11.3 Å². The maximum atomic E-state index is 13.7. The average molecular weight is 436 g/mol. The first-order valence-electron chi connectivity index (χ1n) is 11.2. The topological polar surface area (TPSA) is 54.3 Å². The van der Waals surface area contributed by atoms with Crippen LogP contribution in [0.25, 0.3) is 10.2 Å². The van der Waals surface area contributed by atoms with Crippen molar-refractivity contribution in [2.24, 2.45) is 0 Å². The Morgan fingerprint density at radius 1 is 1.23 bits per heavy atom. The van der Waals surface area contributed by atoms with Crippen LogP contribution in [0, 0.1) is 0 Å². The molecule has 1 aliphatic heterocycles. The molecule has 2 aromatic heterocycles. The number of thiophene rings is 1. The van der Waals surface area contributed by atoms with Crippen LogP contribution in [0.1, 0.15) is 61.5 Å². The van der Waals surface area contributed by atoms with Crippen LogP contribution in [-0.4, -0.2) is 39.4 Å². The Kier molecular flexibility index (Phi) is 5.13. The summed E-state index contributed by atoms with van der Waals surface area (Å²) in [5, 5.41) is 5.32. The van der Waals surface area contributed by atoms with Gasteiger partial charge in [-0.25, -0.2) is 0 Å². The predicted molar refractivity (Wildman–Crippen MR) is 125 cm³/mol. The van der Waals surface area contributed by atoms with Crippen LogP contribution < -0.4 is 5.32 Å². The van der Waals surface area contributed by atoms with Crippen LogP contribution in [0.4, 0.5) is 0 Å². The van der Waals surface area contributed by atoms with Gasteiger partial charge >= 0.3 is 0 Å². The molecular formula is C25H29N3O2S. The number of amides is 2. The quantitative estimate of drug-likeness (QED) is 0.627. The third kappa shape index (κ3) is 3.47. The van der Waals surface area contributed by atoms with E-state index in [1.165, 1.54) is 5.56 Å². The Morgan fingerprint density at radius 2 is 1.97 bits per heavy atom. The highest BCUT2D eigenvalue weighted by molar-refractivity contribution is 7.17. The van der Waals surface area contributed by atoms with Crippen LogP contribution in [0.3, 0.4) is 0 Å². The molecule has 0 unspecified atom stereocenters. The van der Waals surface area contributed by atoms with E-state index in [0.717, 1.165) is 35.9 Å². The maximum Gasteiger partial charge on any atom is 0.271 e. The lowest BCUT2D eigenvalue weighted by molar-refractivity contribution is -0.133. The van der Waals surface area contributed by atoms with Crippen molar-refractivity contribution in [1.29, 1.82) is 0 Å². The molecular weight excluding hydrogens is 406 g/mol. The Hall–Kier alpha value is -2.60. The van der Waals surface area contributed by atoms with Crippen molar-refractivity contribution in [3.05, 3.63) is 59.1 Å². The molecule has 2 aliphatic rings. The molecule has 1 N–H and O–H groups in total. The summed E-state index contributed by atoms with van der Waals surface area (Å²) in [5.74, 6) is 0.0450. The summed E-state index contributed by atoms with van der Waals surface area (Å²) in [6, 6.07) is 14.5. The largest absolute Gasteiger partial charge is 0.351 e. The van der Waals surface area contributed by atoms with E-state index >= 15 is 0 Å². The van der Waals surface area contributed by atoms with E-state index < -0.39 is 5.54 Å². The lowest BCUT2D eigenvalue weighted by Crippen LogP contribution is -2.65. The SMILES string of the molecule is C[C@H](CN1C(=O)c2cc3sccc3n2C[C@]1(C)C(=O)NC1CCCC1)c1ccccc1. The first-order valence-corrected chi connectivity index (χ1v) is 12.1. The zero-order chi connectivity index (χ0) is 21.6. The summed E-state index contributed by atoms with van der Waals surface area (Å²) in [6.07, 6.45) is 4.37. The van der Waals surface area contributed by atoms with Gasteiger partial charge in [-0.15, -0.1) is 11.3 Å². The van der Waals surface area contributed by atoms with Gasteiger partial charge < -0.3 is 14.8 Å². The maximum absolute atomic E-state index is 13.7. The molecule has 1 aromatic carbocycles. The highest BCUT2D eigenvalue weighted by Gasteiger charge is 2.48. The first kappa shape index (κ1) is 20.3. The number of fused-ring (bicyclic) bond motifs is 3. The van der Waals surface area contributed by atoms with E-state index in [2.05, 4.69) is 24.4 Å². The number of benzene rings is 1. The molecule has 2 amide bonds. The van der Waals surface area contributed by atoms with Gasteiger partial charge in [-0.3, -0.25) is 9.59 Å². The molecule has 0 bridgehead atoms. The minimum absolute atomic E-state index is 0.0317. The zero-order valence-electron chi connectivity index (χ0n) is 18.1. The Balaban J connectivity index is 1.52. The second-order valence-corrected chi connectivity index (χ2v) is 10.2. The fourth-order valence-electron chi connectivity index (χ4n) is 5.13. The van der Waals surface area contributed by atoms with E-state index in [1.54, 1.807) is 11.3 Å². The van der Waals surface area contributed by atoms with Gasteiger partial charge in [0.15, 0.2) is 0 Å². The molecule has 3 heterocycles. The smallest absolute Gasteiger partial charge is 0.271 e. The molecule has 0 saturated heterocycles. The zero-order valence-corrected chi connectivity index (χ0v) is 19.0. The molecule has 1 saturated carbocycles. The van der Waals surface area contributed by atoms with E-state index in [-0.39, 0.29) is 23.8 Å². The van der Waals surface area contributed by atoms with Crippen molar-refractivity contribution >= 4 is 33.4 Å². The fraction of sp³-hybridized carbons (Fsp3) is 0.440. The van der Waals surface area contributed by atoms with Crippen molar-refractivity contribution < 1.29 is 9.59 Å². The summed E-state index contributed by atoms with van der Waals surface area (Å²) >= 11 is 1.64. The summed E-state index contributed by atoms with van der Waals surface area (Å²) in [5.41, 5.74) is 1.98. The van der Waals surface area contributed by atoms with Gasteiger partial charge in [-0.05, 0) is 48.8 Å². The van der Waals surface area contributed by atoms with Crippen molar-refractivity contribution in [3.63, 3.8) is 0 Å². The number of nitrogens with zero attached hydrogens (tertiary/aromatic N) is 2. The summed E-state index contributed by atoms with van der Waals surface area (Å²) in [4.78, 5) is 29.2. The number of nitrogens with one attached hydrogen (secondary N) is 1. The molecule has 5 nitrogen and oxygen atoms in total. The molecule has 0 spiro atoms. The minimum atomic E-state index is -0.927. The van der Waals surface area contributed by atoms with Gasteiger partial charge in [-0.1, -0.05) is 50.1 Å². The Labute approximate surface area is 187 Å². The van der Waals surface area contributed by atoms with Crippen molar-refractivity contribution in [2.45, 2.75) is 63.6 Å². The molecule has 2 atom stereocenters. The molecule has 1 aliphatic carbocycles. The normalized spacial score (nSPS) is 22.6. The van der Waals surface area contributed by atoms with Crippen LogP contribution in [0.5, 0.6) is 0 Å². The van der Waals surface area contributed by atoms with E-state index in [9.17, 15) is 9.59 Å². The van der Waals surface area contributed by atoms with Gasteiger partial charge in [0.2, 0.25) is 5.91 Å². The number of carbonyl (C=O) groups excluding carboxylic acids is 2. The number of hydrogen-bond donors (Lipinski definition) is 1. The molecule has 1 fully saturated rings. The Bertz CT molecular complexity index is 1110. The average Bonchev–Trinajstić information content (AvgIpc) is 3.50.